The largest absolute Gasteiger partial charge is 0.351 e. The SMILES string of the molecule is CSc1ccccc1C(=O)NCC1(C)CCNCC1.Cl. The number of hydrogen-bond acceptors (Lipinski definition) is 3. The molecule has 5 heteroatoms. The van der Waals surface area contributed by atoms with E-state index in [1.165, 1.54) is 0 Å². The zero-order valence-corrected chi connectivity index (χ0v) is 13.7. The number of carbonyl (C=O) groups excluding carboxylic acids is 1. The molecule has 0 saturated carbocycles. The first-order chi connectivity index (χ1) is 9.14. The predicted octanol–water partition coefficient (Wildman–Crippen LogP) is 2.95. The highest BCUT2D eigenvalue weighted by Crippen LogP contribution is 2.27. The Labute approximate surface area is 131 Å². The van der Waals surface area contributed by atoms with Gasteiger partial charge in [-0.05, 0) is 49.7 Å². The molecule has 2 N–H and O–H groups in total. The van der Waals surface area contributed by atoms with E-state index in [-0.39, 0.29) is 23.7 Å². The molecule has 2 rings (SSSR count). The molecule has 1 aromatic rings. The quantitative estimate of drug-likeness (QED) is 0.840. The number of amides is 1. The molecule has 1 heterocycles. The van der Waals surface area contributed by atoms with Crippen molar-refractivity contribution in [1.82, 2.24) is 10.6 Å². The first-order valence-corrected chi connectivity index (χ1v) is 7.99. The van der Waals surface area contributed by atoms with Crippen LogP contribution in [0, 0.1) is 5.41 Å². The molecule has 1 fully saturated rings. The summed E-state index contributed by atoms with van der Waals surface area (Å²) >= 11 is 1.61. The van der Waals surface area contributed by atoms with Crippen molar-refractivity contribution in [2.24, 2.45) is 5.41 Å². The second kappa shape index (κ2) is 7.91. The van der Waals surface area contributed by atoms with E-state index in [0.29, 0.717) is 0 Å². The number of rotatable bonds is 4. The fourth-order valence-electron chi connectivity index (χ4n) is 2.43. The Morgan fingerprint density at radius 1 is 1.35 bits per heavy atom. The van der Waals surface area contributed by atoms with Gasteiger partial charge in [0.2, 0.25) is 0 Å². The third-order valence-corrected chi connectivity index (χ3v) is 4.63. The van der Waals surface area contributed by atoms with Gasteiger partial charge in [0.25, 0.3) is 5.91 Å². The number of nitrogens with one attached hydrogen (secondary N) is 2. The van der Waals surface area contributed by atoms with E-state index in [1.807, 2.05) is 30.5 Å². The van der Waals surface area contributed by atoms with E-state index in [2.05, 4.69) is 17.6 Å². The van der Waals surface area contributed by atoms with Crippen LogP contribution >= 0.6 is 24.2 Å². The number of hydrogen-bond donors (Lipinski definition) is 2. The highest BCUT2D eigenvalue weighted by molar-refractivity contribution is 7.98. The van der Waals surface area contributed by atoms with Crippen LogP contribution in [0.2, 0.25) is 0 Å². The molecule has 0 radical (unpaired) electrons. The minimum Gasteiger partial charge on any atom is -0.351 e. The summed E-state index contributed by atoms with van der Waals surface area (Å²) in [7, 11) is 0. The minimum atomic E-state index is 0. The molecular formula is C15H23ClN2OS. The maximum absolute atomic E-state index is 12.3. The molecule has 0 spiro atoms. The van der Waals surface area contributed by atoms with E-state index in [4.69, 9.17) is 0 Å². The summed E-state index contributed by atoms with van der Waals surface area (Å²) in [5, 5.41) is 6.47. The van der Waals surface area contributed by atoms with E-state index < -0.39 is 0 Å². The van der Waals surface area contributed by atoms with Crippen LogP contribution in [0.5, 0.6) is 0 Å². The standard InChI is InChI=1S/C15H22N2OS.ClH/c1-15(7-9-16-10-8-15)11-17-14(18)12-5-3-4-6-13(12)19-2;/h3-6,16H,7-11H2,1-2H3,(H,17,18);1H. The van der Waals surface area contributed by atoms with Gasteiger partial charge in [0, 0.05) is 11.4 Å². The molecule has 1 saturated heterocycles. The van der Waals surface area contributed by atoms with Crippen molar-refractivity contribution in [1.29, 1.82) is 0 Å². The van der Waals surface area contributed by atoms with Crippen molar-refractivity contribution < 1.29 is 4.79 Å². The summed E-state index contributed by atoms with van der Waals surface area (Å²) in [6, 6.07) is 7.77. The monoisotopic (exact) mass is 314 g/mol. The van der Waals surface area contributed by atoms with Gasteiger partial charge in [-0.3, -0.25) is 4.79 Å². The molecule has 1 amide bonds. The number of halogens is 1. The molecule has 1 aromatic carbocycles. The van der Waals surface area contributed by atoms with Gasteiger partial charge in [-0.25, -0.2) is 0 Å². The molecule has 0 bridgehead atoms. The summed E-state index contributed by atoms with van der Waals surface area (Å²) in [5.74, 6) is 0.0460. The van der Waals surface area contributed by atoms with Gasteiger partial charge in [-0.1, -0.05) is 19.1 Å². The number of thioether (sulfide) groups is 1. The maximum atomic E-state index is 12.3. The molecule has 20 heavy (non-hydrogen) atoms. The maximum Gasteiger partial charge on any atom is 0.252 e. The van der Waals surface area contributed by atoms with Crippen LogP contribution < -0.4 is 10.6 Å². The summed E-state index contributed by atoms with van der Waals surface area (Å²) in [5.41, 5.74) is 1.02. The van der Waals surface area contributed by atoms with Gasteiger partial charge in [0.1, 0.15) is 0 Å². The molecule has 0 aliphatic carbocycles. The lowest BCUT2D eigenvalue weighted by molar-refractivity contribution is 0.0919. The van der Waals surface area contributed by atoms with Crippen LogP contribution in [-0.4, -0.2) is 31.8 Å². The van der Waals surface area contributed by atoms with E-state index in [9.17, 15) is 4.79 Å². The van der Waals surface area contributed by atoms with Crippen LogP contribution in [0.15, 0.2) is 29.2 Å². The minimum absolute atomic E-state index is 0. The lowest BCUT2D eigenvalue weighted by Gasteiger charge is -2.34. The second-order valence-electron chi connectivity index (χ2n) is 5.44. The van der Waals surface area contributed by atoms with Gasteiger partial charge in [-0.2, -0.15) is 0 Å². The van der Waals surface area contributed by atoms with Crippen LogP contribution in [-0.2, 0) is 0 Å². The number of benzene rings is 1. The van der Waals surface area contributed by atoms with E-state index in [0.717, 1.165) is 42.9 Å². The summed E-state index contributed by atoms with van der Waals surface area (Å²) in [6.45, 7) is 5.12. The highest BCUT2D eigenvalue weighted by atomic mass is 35.5. The molecular weight excluding hydrogens is 292 g/mol. The number of carbonyl (C=O) groups is 1. The fourth-order valence-corrected chi connectivity index (χ4v) is 3.02. The Kier molecular flexibility index (Phi) is 6.86. The fraction of sp³-hybridized carbons (Fsp3) is 0.533. The molecule has 0 atom stereocenters. The van der Waals surface area contributed by atoms with Crippen molar-refractivity contribution in [3.05, 3.63) is 29.8 Å². The van der Waals surface area contributed by atoms with Crippen molar-refractivity contribution in [3.8, 4) is 0 Å². The topological polar surface area (TPSA) is 41.1 Å². The van der Waals surface area contributed by atoms with Gasteiger partial charge < -0.3 is 10.6 Å². The van der Waals surface area contributed by atoms with Crippen molar-refractivity contribution in [2.75, 3.05) is 25.9 Å². The Morgan fingerprint density at radius 2 is 2.00 bits per heavy atom. The summed E-state index contributed by atoms with van der Waals surface area (Å²) < 4.78 is 0. The van der Waals surface area contributed by atoms with Gasteiger partial charge in [-0.15, -0.1) is 24.2 Å². The molecule has 1 aliphatic heterocycles. The zero-order chi connectivity index (χ0) is 13.7. The van der Waals surface area contributed by atoms with E-state index >= 15 is 0 Å². The van der Waals surface area contributed by atoms with E-state index in [1.54, 1.807) is 11.8 Å². The highest BCUT2D eigenvalue weighted by Gasteiger charge is 2.27. The van der Waals surface area contributed by atoms with Crippen molar-refractivity contribution >= 4 is 30.1 Å². The number of piperidine rings is 1. The van der Waals surface area contributed by atoms with Crippen LogP contribution in [0.25, 0.3) is 0 Å². The lowest BCUT2D eigenvalue weighted by Crippen LogP contribution is -2.43. The van der Waals surface area contributed by atoms with Gasteiger partial charge >= 0.3 is 0 Å². The molecule has 0 unspecified atom stereocenters. The van der Waals surface area contributed by atoms with Gasteiger partial charge in [0.15, 0.2) is 0 Å². The van der Waals surface area contributed by atoms with Crippen LogP contribution in [0.3, 0.4) is 0 Å². The molecule has 112 valence electrons. The third kappa shape index (κ3) is 4.40. The average Bonchev–Trinajstić information content (AvgIpc) is 2.45. The Balaban J connectivity index is 0.00000200. The smallest absolute Gasteiger partial charge is 0.252 e. The summed E-state index contributed by atoms with van der Waals surface area (Å²) in [4.78, 5) is 13.3. The lowest BCUT2D eigenvalue weighted by atomic mass is 9.81. The first-order valence-electron chi connectivity index (χ1n) is 6.77. The molecule has 0 aromatic heterocycles. The van der Waals surface area contributed by atoms with Crippen LogP contribution in [0.4, 0.5) is 0 Å². The first kappa shape index (κ1) is 17.3. The van der Waals surface area contributed by atoms with Gasteiger partial charge in [0.05, 0.1) is 5.56 Å². The molecule has 1 aliphatic rings. The normalized spacial score (nSPS) is 17.1. The third-order valence-electron chi connectivity index (χ3n) is 3.84. The Morgan fingerprint density at radius 3 is 2.65 bits per heavy atom. The van der Waals surface area contributed by atoms with Crippen molar-refractivity contribution in [2.45, 2.75) is 24.7 Å². The Bertz CT molecular complexity index is 447. The summed E-state index contributed by atoms with van der Waals surface area (Å²) in [6.07, 6.45) is 4.25. The average molecular weight is 315 g/mol. The molecule has 3 nitrogen and oxygen atoms in total. The Hall–Kier alpha value is -0.710. The zero-order valence-electron chi connectivity index (χ0n) is 12.1. The predicted molar refractivity (Wildman–Crippen MR) is 88.0 cm³/mol. The second-order valence-corrected chi connectivity index (χ2v) is 6.29. The van der Waals surface area contributed by atoms with Crippen molar-refractivity contribution in [3.63, 3.8) is 0 Å². The van der Waals surface area contributed by atoms with Crippen LogP contribution in [0.1, 0.15) is 30.1 Å².